The zero-order chi connectivity index (χ0) is 15.0. The molecule has 5 nitrogen and oxygen atoms in total. The molecule has 7 heteroatoms. The number of hydrogen-bond donors (Lipinski definition) is 2. The van der Waals surface area contributed by atoms with E-state index in [0.717, 1.165) is 0 Å². The van der Waals surface area contributed by atoms with Crippen LogP contribution in [0.1, 0.15) is 0 Å². The number of phenols is 1. The first kappa shape index (κ1) is 13.4. The maximum atomic E-state index is 13.0. The minimum Gasteiger partial charge on any atom is -0.506 e. The van der Waals surface area contributed by atoms with E-state index in [9.17, 15) is 14.3 Å². The highest BCUT2D eigenvalue weighted by atomic mass is 35.5. The minimum absolute atomic E-state index is 0.119. The van der Waals surface area contributed by atoms with Crippen LogP contribution in [0.25, 0.3) is 17.1 Å². The van der Waals surface area contributed by atoms with Crippen molar-refractivity contribution in [2.45, 2.75) is 0 Å². The summed E-state index contributed by atoms with van der Waals surface area (Å²) in [5.74, 6) is -0.266. The summed E-state index contributed by atoms with van der Waals surface area (Å²) in [5.41, 5.74) is 0.182. The lowest BCUT2D eigenvalue weighted by molar-refractivity contribution is 0.472. The van der Waals surface area contributed by atoms with E-state index in [1.165, 1.54) is 47.0 Å². The zero-order valence-corrected chi connectivity index (χ0v) is 11.3. The van der Waals surface area contributed by atoms with Gasteiger partial charge in [-0.3, -0.25) is 0 Å². The Morgan fingerprint density at radius 2 is 1.90 bits per heavy atom. The fourth-order valence-corrected chi connectivity index (χ4v) is 2.16. The van der Waals surface area contributed by atoms with Crippen molar-refractivity contribution >= 4 is 11.6 Å². The minimum atomic E-state index is -0.535. The number of hydrogen-bond acceptors (Lipinski definition) is 3. The van der Waals surface area contributed by atoms with Gasteiger partial charge in [-0.1, -0.05) is 11.6 Å². The number of nitrogens with zero attached hydrogens (tertiary/aromatic N) is 2. The van der Waals surface area contributed by atoms with Crippen molar-refractivity contribution in [3.63, 3.8) is 0 Å². The molecular formula is C14H9ClFN3O2. The fourth-order valence-electron chi connectivity index (χ4n) is 1.99. The number of H-pyrrole nitrogens is 1. The molecular weight excluding hydrogens is 297 g/mol. The Hall–Kier alpha value is -2.60. The van der Waals surface area contributed by atoms with E-state index in [-0.39, 0.29) is 17.3 Å². The molecule has 0 atom stereocenters. The SMILES string of the molecule is O=c1[nH]nc(-c2ccc(F)cc2)n1-c1cc(Cl)ccc1O. The molecule has 3 rings (SSSR count). The average molecular weight is 306 g/mol. The molecule has 0 fully saturated rings. The molecule has 0 aliphatic heterocycles. The van der Waals surface area contributed by atoms with Crippen LogP contribution >= 0.6 is 11.6 Å². The third-order valence-electron chi connectivity index (χ3n) is 2.95. The Morgan fingerprint density at radius 1 is 1.19 bits per heavy atom. The molecule has 2 N–H and O–H groups in total. The van der Waals surface area contributed by atoms with Gasteiger partial charge >= 0.3 is 5.69 Å². The van der Waals surface area contributed by atoms with Crippen LogP contribution in [0.15, 0.2) is 47.3 Å². The van der Waals surface area contributed by atoms with Crippen molar-refractivity contribution in [3.8, 4) is 22.8 Å². The third-order valence-corrected chi connectivity index (χ3v) is 3.19. The number of phenolic OH excluding ortho intramolecular Hbond substituents is 1. The molecule has 3 aromatic rings. The van der Waals surface area contributed by atoms with Crippen LogP contribution < -0.4 is 5.69 Å². The van der Waals surface area contributed by atoms with E-state index in [1.807, 2.05) is 0 Å². The average Bonchev–Trinajstić information content (AvgIpc) is 2.84. The molecule has 0 aliphatic carbocycles. The molecule has 0 bridgehead atoms. The Kier molecular flexibility index (Phi) is 3.23. The smallest absolute Gasteiger partial charge is 0.348 e. The lowest BCUT2D eigenvalue weighted by atomic mass is 10.2. The first-order valence-corrected chi connectivity index (χ1v) is 6.36. The molecule has 0 saturated carbocycles. The van der Waals surface area contributed by atoms with Gasteiger partial charge < -0.3 is 5.11 Å². The van der Waals surface area contributed by atoms with Crippen molar-refractivity contribution < 1.29 is 9.50 Å². The Bertz CT molecular complexity index is 855. The van der Waals surface area contributed by atoms with Crippen LogP contribution in [0, 0.1) is 5.82 Å². The predicted molar refractivity (Wildman–Crippen MR) is 76.3 cm³/mol. The van der Waals surface area contributed by atoms with Crippen LogP contribution in [0.2, 0.25) is 5.02 Å². The molecule has 0 spiro atoms. The summed E-state index contributed by atoms with van der Waals surface area (Å²) >= 11 is 5.90. The van der Waals surface area contributed by atoms with Crippen molar-refractivity contribution in [3.05, 3.63) is 63.8 Å². The van der Waals surface area contributed by atoms with Gasteiger partial charge in [0.1, 0.15) is 11.6 Å². The van der Waals surface area contributed by atoms with Gasteiger partial charge in [0.15, 0.2) is 5.82 Å². The summed E-state index contributed by atoms with van der Waals surface area (Å²) < 4.78 is 14.2. The van der Waals surface area contributed by atoms with Gasteiger partial charge in [0.2, 0.25) is 0 Å². The van der Waals surface area contributed by atoms with Gasteiger partial charge in [0.25, 0.3) is 0 Å². The van der Waals surface area contributed by atoms with Crippen molar-refractivity contribution in [2.75, 3.05) is 0 Å². The van der Waals surface area contributed by atoms with E-state index in [1.54, 1.807) is 0 Å². The van der Waals surface area contributed by atoms with Gasteiger partial charge in [-0.25, -0.2) is 18.9 Å². The standard InChI is InChI=1S/C14H9ClFN3O2/c15-9-3-6-12(20)11(7-9)19-13(17-18-14(19)21)8-1-4-10(16)5-2-8/h1-7,20H,(H,18,21). The Balaban J connectivity index is 2.24. The molecule has 0 unspecified atom stereocenters. The van der Waals surface area contributed by atoms with Gasteiger partial charge in [-0.05, 0) is 42.5 Å². The molecule has 1 aromatic heterocycles. The lowest BCUT2D eigenvalue weighted by Gasteiger charge is -2.08. The van der Waals surface area contributed by atoms with Crippen LogP contribution in [-0.4, -0.2) is 19.9 Å². The number of aromatic nitrogens is 3. The summed E-state index contributed by atoms with van der Waals surface area (Å²) in [6.07, 6.45) is 0. The van der Waals surface area contributed by atoms with Crippen LogP contribution in [0.4, 0.5) is 4.39 Å². The first-order chi connectivity index (χ1) is 10.1. The summed E-state index contributed by atoms with van der Waals surface area (Å²) in [5, 5.41) is 16.5. The van der Waals surface area contributed by atoms with Crippen LogP contribution in [0.5, 0.6) is 5.75 Å². The first-order valence-electron chi connectivity index (χ1n) is 5.98. The number of benzene rings is 2. The number of halogens is 2. The van der Waals surface area contributed by atoms with Crippen molar-refractivity contribution in [1.82, 2.24) is 14.8 Å². The highest BCUT2D eigenvalue weighted by molar-refractivity contribution is 6.30. The quantitative estimate of drug-likeness (QED) is 0.764. The summed E-state index contributed by atoms with van der Waals surface area (Å²) in [6.45, 7) is 0. The highest BCUT2D eigenvalue weighted by Gasteiger charge is 2.15. The van der Waals surface area contributed by atoms with Gasteiger partial charge in [-0.15, -0.1) is 0 Å². The van der Waals surface area contributed by atoms with E-state index >= 15 is 0 Å². The lowest BCUT2D eigenvalue weighted by Crippen LogP contribution is -2.15. The molecule has 0 aliphatic rings. The number of rotatable bonds is 2. The molecule has 0 radical (unpaired) electrons. The normalized spacial score (nSPS) is 10.8. The number of aromatic hydroxyl groups is 1. The summed E-state index contributed by atoms with van der Waals surface area (Å²) in [4.78, 5) is 12.0. The maximum Gasteiger partial charge on any atom is 0.348 e. The summed E-state index contributed by atoms with van der Waals surface area (Å²) in [7, 11) is 0. The molecule has 0 amide bonds. The Morgan fingerprint density at radius 3 is 2.62 bits per heavy atom. The molecule has 1 heterocycles. The monoisotopic (exact) mass is 305 g/mol. The summed E-state index contributed by atoms with van der Waals surface area (Å²) in [6, 6.07) is 9.83. The van der Waals surface area contributed by atoms with Crippen LogP contribution in [0.3, 0.4) is 0 Å². The second-order valence-electron chi connectivity index (χ2n) is 4.33. The van der Waals surface area contributed by atoms with Gasteiger partial charge in [0, 0.05) is 10.6 Å². The van der Waals surface area contributed by atoms with E-state index in [4.69, 9.17) is 11.6 Å². The Labute approximate surface area is 123 Å². The topological polar surface area (TPSA) is 70.9 Å². The van der Waals surface area contributed by atoms with Gasteiger partial charge in [-0.2, -0.15) is 5.10 Å². The maximum absolute atomic E-state index is 13.0. The zero-order valence-electron chi connectivity index (χ0n) is 10.5. The predicted octanol–water partition coefficient (Wildman–Crippen LogP) is 2.73. The second-order valence-corrected chi connectivity index (χ2v) is 4.76. The molecule has 21 heavy (non-hydrogen) atoms. The fraction of sp³-hybridized carbons (Fsp3) is 0. The van der Waals surface area contributed by atoms with E-state index in [0.29, 0.717) is 10.6 Å². The second kappa shape index (κ2) is 5.06. The van der Waals surface area contributed by atoms with Crippen molar-refractivity contribution in [1.29, 1.82) is 0 Å². The van der Waals surface area contributed by atoms with Crippen molar-refractivity contribution in [2.24, 2.45) is 0 Å². The van der Waals surface area contributed by atoms with E-state index < -0.39 is 11.5 Å². The van der Waals surface area contributed by atoms with E-state index in [2.05, 4.69) is 10.2 Å². The largest absolute Gasteiger partial charge is 0.506 e. The molecule has 0 saturated heterocycles. The highest BCUT2D eigenvalue weighted by Crippen LogP contribution is 2.27. The van der Waals surface area contributed by atoms with Crippen LogP contribution in [-0.2, 0) is 0 Å². The third kappa shape index (κ3) is 2.41. The van der Waals surface area contributed by atoms with Gasteiger partial charge in [0.05, 0.1) is 5.69 Å². The number of nitrogens with one attached hydrogen (secondary N) is 1. The molecule has 2 aromatic carbocycles. The number of aromatic amines is 1. The molecule has 106 valence electrons.